The first kappa shape index (κ1) is 9.19. The second-order valence-electron chi connectivity index (χ2n) is 3.18. The van der Waals surface area contributed by atoms with E-state index in [-0.39, 0.29) is 0 Å². The molecule has 1 rings (SSSR count). The standard InChI is InChI=1S/C7H17NO2Si/c1-9-6-11(7-10-2)5-3-4-8-11/h8H,3-7H2,1-2H3. The highest BCUT2D eigenvalue weighted by molar-refractivity contribution is 6.78. The SMILES string of the molecule is COC[Si]1(COC)CCCN1. The third-order valence-corrected chi connectivity index (χ3v) is 6.17. The fraction of sp³-hybridized carbons (Fsp3) is 1.00. The Hall–Kier alpha value is 0.0969. The van der Waals surface area contributed by atoms with Crippen molar-refractivity contribution in [3.8, 4) is 0 Å². The summed E-state index contributed by atoms with van der Waals surface area (Å²) in [6, 6.07) is 1.30. The molecule has 0 aromatic rings. The highest BCUT2D eigenvalue weighted by Crippen LogP contribution is 2.15. The molecule has 1 N–H and O–H groups in total. The van der Waals surface area contributed by atoms with E-state index in [2.05, 4.69) is 4.98 Å². The molecule has 3 nitrogen and oxygen atoms in total. The van der Waals surface area contributed by atoms with E-state index in [0.717, 1.165) is 19.0 Å². The molecule has 4 heteroatoms. The normalized spacial score (nSPS) is 22.4. The Labute approximate surface area is 69.2 Å². The van der Waals surface area contributed by atoms with Crippen molar-refractivity contribution < 1.29 is 9.47 Å². The van der Waals surface area contributed by atoms with Crippen LogP contribution in [-0.4, -0.2) is 41.5 Å². The molecule has 1 aliphatic rings. The topological polar surface area (TPSA) is 30.5 Å². The zero-order chi connectivity index (χ0) is 8.16. The van der Waals surface area contributed by atoms with Gasteiger partial charge in [0.25, 0.3) is 0 Å². The predicted octanol–water partition coefficient (Wildman–Crippen LogP) is 0.296. The first-order valence-corrected chi connectivity index (χ1v) is 6.68. The first-order valence-electron chi connectivity index (χ1n) is 4.06. The van der Waals surface area contributed by atoms with Gasteiger partial charge in [-0.1, -0.05) is 0 Å². The van der Waals surface area contributed by atoms with E-state index in [1.54, 1.807) is 14.2 Å². The van der Waals surface area contributed by atoms with Crippen molar-refractivity contribution in [2.45, 2.75) is 12.5 Å². The molecule has 0 unspecified atom stereocenters. The van der Waals surface area contributed by atoms with E-state index in [1.807, 2.05) is 0 Å². The highest BCUT2D eigenvalue weighted by atomic mass is 28.3. The lowest BCUT2D eigenvalue weighted by molar-refractivity contribution is 0.214. The quantitative estimate of drug-likeness (QED) is 0.623. The summed E-state index contributed by atoms with van der Waals surface area (Å²) in [6.07, 6.45) is 3.07. The van der Waals surface area contributed by atoms with E-state index >= 15 is 0 Å². The van der Waals surface area contributed by atoms with E-state index < -0.39 is 8.24 Å². The Morgan fingerprint density at radius 2 is 1.91 bits per heavy atom. The zero-order valence-electron chi connectivity index (χ0n) is 7.35. The van der Waals surface area contributed by atoms with E-state index in [9.17, 15) is 0 Å². The predicted molar refractivity (Wildman–Crippen MR) is 46.9 cm³/mol. The molecule has 0 aliphatic carbocycles. The molecule has 1 aliphatic heterocycles. The summed E-state index contributed by atoms with van der Waals surface area (Å²) in [5, 5.41) is 0. The smallest absolute Gasteiger partial charge is 0.178 e. The highest BCUT2D eigenvalue weighted by Gasteiger charge is 2.36. The molecule has 0 spiro atoms. The van der Waals surface area contributed by atoms with Crippen molar-refractivity contribution in [1.29, 1.82) is 0 Å². The summed E-state index contributed by atoms with van der Waals surface area (Å²) in [4.78, 5) is 3.56. The van der Waals surface area contributed by atoms with Crippen molar-refractivity contribution >= 4 is 8.24 Å². The summed E-state index contributed by atoms with van der Waals surface area (Å²) in [7, 11) is 2.21. The third kappa shape index (κ3) is 2.26. The van der Waals surface area contributed by atoms with Gasteiger partial charge in [0.15, 0.2) is 8.24 Å². The van der Waals surface area contributed by atoms with E-state index in [1.165, 1.54) is 12.5 Å². The molecule has 1 heterocycles. The molecule has 0 atom stereocenters. The fourth-order valence-electron chi connectivity index (χ4n) is 1.71. The van der Waals surface area contributed by atoms with Gasteiger partial charge in [-0.25, -0.2) is 0 Å². The Bertz CT molecular complexity index is 107. The number of rotatable bonds is 4. The lowest BCUT2D eigenvalue weighted by atomic mass is 10.5. The maximum atomic E-state index is 5.20. The van der Waals surface area contributed by atoms with Gasteiger partial charge in [0.05, 0.1) is 12.5 Å². The van der Waals surface area contributed by atoms with Crippen LogP contribution in [0.3, 0.4) is 0 Å². The number of nitrogens with one attached hydrogen (secondary N) is 1. The molecular formula is C7H17NO2Si. The molecule has 11 heavy (non-hydrogen) atoms. The van der Waals surface area contributed by atoms with E-state index in [4.69, 9.17) is 9.47 Å². The largest absolute Gasteiger partial charge is 0.386 e. The molecule has 1 saturated heterocycles. The number of hydrogen-bond donors (Lipinski definition) is 1. The van der Waals surface area contributed by atoms with Crippen LogP contribution in [0.4, 0.5) is 0 Å². The number of methoxy groups -OCH3 is 2. The Kier molecular flexibility index (Phi) is 3.51. The molecule has 0 aromatic carbocycles. The minimum atomic E-state index is -1.33. The Morgan fingerprint density at radius 3 is 2.27 bits per heavy atom. The van der Waals surface area contributed by atoms with Crippen molar-refractivity contribution in [1.82, 2.24) is 4.98 Å². The van der Waals surface area contributed by atoms with Crippen LogP contribution in [0.25, 0.3) is 0 Å². The summed E-state index contributed by atoms with van der Waals surface area (Å²) in [5.41, 5.74) is 0. The molecule has 66 valence electrons. The molecular weight excluding hydrogens is 158 g/mol. The van der Waals surface area contributed by atoms with Gasteiger partial charge >= 0.3 is 0 Å². The second-order valence-corrected chi connectivity index (χ2v) is 7.17. The lowest BCUT2D eigenvalue weighted by Gasteiger charge is -2.24. The van der Waals surface area contributed by atoms with Crippen LogP contribution in [0.2, 0.25) is 6.04 Å². The molecule has 0 bridgehead atoms. The Balaban J connectivity index is 2.40. The van der Waals surface area contributed by atoms with Crippen molar-refractivity contribution in [3.05, 3.63) is 0 Å². The molecule has 0 amide bonds. The Morgan fingerprint density at radius 1 is 1.27 bits per heavy atom. The monoisotopic (exact) mass is 175 g/mol. The van der Waals surface area contributed by atoms with Crippen LogP contribution in [0.1, 0.15) is 6.42 Å². The average molecular weight is 175 g/mol. The van der Waals surface area contributed by atoms with Gasteiger partial charge in [0, 0.05) is 14.2 Å². The first-order chi connectivity index (χ1) is 5.33. The van der Waals surface area contributed by atoms with Gasteiger partial charge in [-0.2, -0.15) is 0 Å². The number of ether oxygens (including phenoxy) is 2. The van der Waals surface area contributed by atoms with Crippen molar-refractivity contribution in [2.75, 3.05) is 33.2 Å². The lowest BCUT2D eigenvalue weighted by Crippen LogP contribution is -2.54. The van der Waals surface area contributed by atoms with Gasteiger partial charge in [-0.15, -0.1) is 0 Å². The zero-order valence-corrected chi connectivity index (χ0v) is 8.35. The molecule has 1 fully saturated rings. The maximum Gasteiger partial charge on any atom is 0.178 e. The average Bonchev–Trinajstić information content (AvgIpc) is 2.39. The van der Waals surface area contributed by atoms with Crippen LogP contribution >= 0.6 is 0 Å². The molecule has 0 saturated carbocycles. The van der Waals surface area contributed by atoms with Gasteiger partial charge in [-0.05, 0) is 19.0 Å². The summed E-state index contributed by atoms with van der Waals surface area (Å²) < 4.78 is 10.4. The van der Waals surface area contributed by atoms with Crippen LogP contribution < -0.4 is 4.98 Å². The number of hydrogen-bond acceptors (Lipinski definition) is 3. The second kappa shape index (κ2) is 4.20. The maximum absolute atomic E-state index is 5.20. The van der Waals surface area contributed by atoms with Crippen LogP contribution in [-0.2, 0) is 9.47 Å². The van der Waals surface area contributed by atoms with Crippen LogP contribution in [0.5, 0.6) is 0 Å². The van der Waals surface area contributed by atoms with Gasteiger partial charge < -0.3 is 14.5 Å². The fourth-order valence-corrected chi connectivity index (χ4v) is 5.13. The van der Waals surface area contributed by atoms with Gasteiger partial charge in [0.1, 0.15) is 0 Å². The van der Waals surface area contributed by atoms with Crippen molar-refractivity contribution in [3.63, 3.8) is 0 Å². The van der Waals surface area contributed by atoms with Gasteiger partial charge in [-0.3, -0.25) is 0 Å². The summed E-state index contributed by atoms with van der Waals surface area (Å²) in [5.74, 6) is 0. The van der Waals surface area contributed by atoms with Crippen LogP contribution in [0.15, 0.2) is 0 Å². The van der Waals surface area contributed by atoms with Crippen LogP contribution in [0, 0.1) is 0 Å². The third-order valence-electron chi connectivity index (χ3n) is 2.17. The van der Waals surface area contributed by atoms with E-state index in [0.29, 0.717) is 0 Å². The minimum absolute atomic E-state index is 0.890. The van der Waals surface area contributed by atoms with Gasteiger partial charge in [0.2, 0.25) is 0 Å². The molecule has 0 aromatic heterocycles. The minimum Gasteiger partial charge on any atom is -0.386 e. The molecule has 0 radical (unpaired) electrons. The summed E-state index contributed by atoms with van der Waals surface area (Å²) in [6.45, 7) is 1.15. The summed E-state index contributed by atoms with van der Waals surface area (Å²) >= 11 is 0. The van der Waals surface area contributed by atoms with Crippen molar-refractivity contribution in [2.24, 2.45) is 0 Å².